The Kier molecular flexibility index (Phi) is 4.92. The van der Waals surface area contributed by atoms with Crippen molar-refractivity contribution in [3.05, 3.63) is 100 Å². The summed E-state index contributed by atoms with van der Waals surface area (Å²) < 4.78 is 3.29. The van der Waals surface area contributed by atoms with Crippen LogP contribution in [0.15, 0.2) is 71.9 Å². The number of nitrogens with two attached hydrogens (primary N) is 1. The third kappa shape index (κ3) is 3.53. The normalized spacial score (nSPS) is 15.2. The molecule has 1 amide bonds. The van der Waals surface area contributed by atoms with Gasteiger partial charge in [-0.05, 0) is 36.5 Å². The summed E-state index contributed by atoms with van der Waals surface area (Å²) in [5.74, 6) is 0.112. The first-order valence-corrected chi connectivity index (χ1v) is 10.8. The molecular weight excluding hydrogens is 416 g/mol. The van der Waals surface area contributed by atoms with E-state index in [0.29, 0.717) is 5.56 Å². The summed E-state index contributed by atoms with van der Waals surface area (Å²) in [6, 6.07) is 17.8. The zero-order chi connectivity index (χ0) is 23.2. The van der Waals surface area contributed by atoms with Crippen molar-refractivity contribution < 1.29 is 4.79 Å². The number of carbonyl (C=O) groups is 1. The fourth-order valence-corrected chi connectivity index (χ4v) is 4.34. The van der Waals surface area contributed by atoms with Crippen LogP contribution < -0.4 is 11.3 Å². The maximum absolute atomic E-state index is 12.5. The van der Waals surface area contributed by atoms with Crippen LogP contribution in [0.3, 0.4) is 0 Å². The molecule has 1 fully saturated rings. The number of amides is 1. The van der Waals surface area contributed by atoms with Crippen molar-refractivity contribution in [3.8, 4) is 11.1 Å². The number of aryl methyl sites for hydroxylation is 1. The molecule has 5 rings (SSSR count). The average Bonchev–Trinajstić information content (AvgIpc) is 3.51. The Morgan fingerprint density at radius 3 is 2.42 bits per heavy atom. The van der Waals surface area contributed by atoms with Crippen LogP contribution in [0.1, 0.15) is 53.4 Å². The molecule has 0 aliphatic heterocycles. The van der Waals surface area contributed by atoms with Gasteiger partial charge < -0.3 is 10.3 Å². The first-order chi connectivity index (χ1) is 15.9. The Hall–Kier alpha value is -4.07. The van der Waals surface area contributed by atoms with Crippen LogP contribution in [-0.4, -0.2) is 30.2 Å². The van der Waals surface area contributed by atoms with E-state index < -0.39 is 5.91 Å². The van der Waals surface area contributed by atoms with E-state index in [1.165, 1.54) is 10.9 Å². The van der Waals surface area contributed by atoms with Gasteiger partial charge in [0.2, 0.25) is 5.82 Å². The van der Waals surface area contributed by atoms with Crippen molar-refractivity contribution in [2.24, 2.45) is 12.8 Å². The van der Waals surface area contributed by atoms with Crippen LogP contribution >= 0.6 is 0 Å². The number of aromatic nitrogens is 5. The zero-order valence-electron chi connectivity index (χ0n) is 18.5. The van der Waals surface area contributed by atoms with Crippen molar-refractivity contribution in [1.82, 2.24) is 24.3 Å². The van der Waals surface area contributed by atoms with E-state index in [1.807, 2.05) is 66.2 Å². The third-order valence-electron chi connectivity index (χ3n) is 6.42. The van der Waals surface area contributed by atoms with E-state index in [-0.39, 0.29) is 22.8 Å². The predicted octanol–water partition coefficient (Wildman–Crippen LogP) is 2.83. The molecule has 2 N–H and O–H groups in total. The molecule has 2 aromatic carbocycles. The number of benzene rings is 2. The van der Waals surface area contributed by atoms with Gasteiger partial charge in [-0.1, -0.05) is 54.6 Å². The molecule has 0 radical (unpaired) electrons. The number of nitrogens with zero attached hydrogens (tertiary/aromatic N) is 5. The molecule has 1 atom stereocenters. The monoisotopic (exact) mass is 440 g/mol. The van der Waals surface area contributed by atoms with Crippen molar-refractivity contribution >= 4 is 5.91 Å². The van der Waals surface area contributed by atoms with Gasteiger partial charge in [-0.25, -0.2) is 14.6 Å². The number of hydrogen-bond donors (Lipinski definition) is 1. The lowest BCUT2D eigenvalue weighted by Gasteiger charge is -2.21. The lowest BCUT2D eigenvalue weighted by molar-refractivity contribution is 0.0990. The van der Waals surface area contributed by atoms with Crippen molar-refractivity contribution in [2.45, 2.75) is 31.2 Å². The summed E-state index contributed by atoms with van der Waals surface area (Å²) in [5.41, 5.74) is 8.58. The summed E-state index contributed by atoms with van der Waals surface area (Å²) >= 11 is 0. The molecular formula is C25H24N6O2. The van der Waals surface area contributed by atoms with Crippen LogP contribution in [0.5, 0.6) is 0 Å². The first-order valence-electron chi connectivity index (χ1n) is 10.8. The highest BCUT2D eigenvalue weighted by Gasteiger charge is 2.50. The van der Waals surface area contributed by atoms with E-state index >= 15 is 0 Å². The molecule has 8 nitrogen and oxygen atoms in total. The minimum atomic E-state index is -0.645. The second-order valence-corrected chi connectivity index (χ2v) is 8.54. The lowest BCUT2D eigenvalue weighted by atomic mass is 9.92. The Balaban J connectivity index is 1.56. The van der Waals surface area contributed by atoms with Gasteiger partial charge in [-0.3, -0.25) is 9.59 Å². The SMILES string of the molecule is CC(c1ccccc1)n1nc(C(N)=O)nc1C1(c2ccc(-c3cncn(C)c3=O)cc2)CC1. The fraction of sp³-hybridized carbons (Fsp3) is 0.240. The number of rotatable bonds is 6. The summed E-state index contributed by atoms with van der Waals surface area (Å²) in [6.07, 6.45) is 4.86. The van der Waals surface area contributed by atoms with E-state index in [4.69, 9.17) is 5.73 Å². The van der Waals surface area contributed by atoms with Crippen molar-refractivity contribution in [1.29, 1.82) is 0 Å². The summed E-state index contributed by atoms with van der Waals surface area (Å²) in [6.45, 7) is 2.04. The lowest BCUT2D eigenvalue weighted by Crippen LogP contribution is -2.21. The minimum absolute atomic E-state index is 0.0227. The van der Waals surface area contributed by atoms with Gasteiger partial charge in [0.05, 0.1) is 23.3 Å². The number of primary amides is 1. The van der Waals surface area contributed by atoms with E-state index in [2.05, 4.69) is 15.1 Å². The van der Waals surface area contributed by atoms with E-state index in [0.717, 1.165) is 35.4 Å². The Morgan fingerprint density at radius 2 is 1.79 bits per heavy atom. The molecule has 8 heteroatoms. The summed E-state index contributed by atoms with van der Waals surface area (Å²) in [5, 5.41) is 4.48. The van der Waals surface area contributed by atoms with Gasteiger partial charge in [-0.2, -0.15) is 0 Å². The average molecular weight is 441 g/mol. The highest BCUT2D eigenvalue weighted by molar-refractivity contribution is 5.88. The van der Waals surface area contributed by atoms with Crippen LogP contribution in [-0.2, 0) is 12.5 Å². The molecule has 0 bridgehead atoms. The zero-order valence-corrected chi connectivity index (χ0v) is 18.5. The molecule has 0 saturated heterocycles. The van der Waals surface area contributed by atoms with Gasteiger partial charge >= 0.3 is 0 Å². The molecule has 1 unspecified atom stereocenters. The third-order valence-corrected chi connectivity index (χ3v) is 6.42. The van der Waals surface area contributed by atoms with Gasteiger partial charge in [0, 0.05) is 13.2 Å². The van der Waals surface area contributed by atoms with Crippen LogP contribution in [0.4, 0.5) is 0 Å². The van der Waals surface area contributed by atoms with Crippen LogP contribution in [0.2, 0.25) is 0 Å². The Labute approximate surface area is 190 Å². The van der Waals surface area contributed by atoms with E-state index in [1.54, 1.807) is 13.2 Å². The molecule has 1 aliphatic rings. The molecule has 166 valence electrons. The van der Waals surface area contributed by atoms with E-state index in [9.17, 15) is 9.59 Å². The first kappa shape index (κ1) is 20.8. The molecule has 1 saturated carbocycles. The fourth-order valence-electron chi connectivity index (χ4n) is 4.34. The molecule has 0 spiro atoms. The Morgan fingerprint density at radius 1 is 1.09 bits per heavy atom. The van der Waals surface area contributed by atoms with Crippen LogP contribution in [0, 0.1) is 0 Å². The topological polar surface area (TPSA) is 109 Å². The highest BCUT2D eigenvalue weighted by atomic mass is 16.1. The number of carbonyl (C=O) groups excluding carboxylic acids is 1. The van der Waals surface area contributed by atoms with Gasteiger partial charge in [0.25, 0.3) is 11.5 Å². The van der Waals surface area contributed by atoms with Gasteiger partial charge in [-0.15, -0.1) is 5.10 Å². The quantitative estimate of drug-likeness (QED) is 0.496. The largest absolute Gasteiger partial charge is 0.363 e. The molecule has 2 heterocycles. The second kappa shape index (κ2) is 7.81. The van der Waals surface area contributed by atoms with Crippen molar-refractivity contribution in [2.75, 3.05) is 0 Å². The predicted molar refractivity (Wildman–Crippen MR) is 124 cm³/mol. The van der Waals surface area contributed by atoms with Gasteiger partial charge in [0.15, 0.2) is 0 Å². The van der Waals surface area contributed by atoms with Gasteiger partial charge in [0.1, 0.15) is 5.82 Å². The molecule has 1 aliphatic carbocycles. The van der Waals surface area contributed by atoms with Crippen LogP contribution in [0.25, 0.3) is 11.1 Å². The maximum atomic E-state index is 12.5. The molecule has 4 aromatic rings. The second-order valence-electron chi connectivity index (χ2n) is 8.54. The summed E-state index contributed by atoms with van der Waals surface area (Å²) in [7, 11) is 1.68. The smallest absolute Gasteiger partial charge is 0.288 e. The molecule has 2 aromatic heterocycles. The maximum Gasteiger partial charge on any atom is 0.288 e. The summed E-state index contributed by atoms with van der Waals surface area (Å²) in [4.78, 5) is 33.1. The standard InChI is InChI=1S/C25H24N6O2/c1-16(17-6-4-3-5-7-17)31-24(28-22(29-31)21(26)32)25(12-13-25)19-10-8-18(9-11-19)20-14-27-15-30(2)23(20)33/h3-11,14-16H,12-13H2,1-2H3,(H2,26,32). The number of hydrogen-bond acceptors (Lipinski definition) is 5. The Bertz CT molecular complexity index is 1380. The molecule has 33 heavy (non-hydrogen) atoms. The highest BCUT2D eigenvalue weighted by Crippen LogP contribution is 2.53. The minimum Gasteiger partial charge on any atom is -0.363 e. The van der Waals surface area contributed by atoms with Crippen molar-refractivity contribution in [3.63, 3.8) is 0 Å².